The SMILES string of the molecule is CCCCCCC(=O)O.CCCCCCC(=O)O.CCCCCCCCC(O)(O)CCCC. The third kappa shape index (κ3) is 41.6. The van der Waals surface area contributed by atoms with Crippen molar-refractivity contribution in [2.75, 3.05) is 0 Å². The van der Waals surface area contributed by atoms with Gasteiger partial charge in [-0.15, -0.1) is 0 Å². The number of carboxylic acids is 2. The van der Waals surface area contributed by atoms with Crippen LogP contribution in [0.3, 0.4) is 0 Å². The summed E-state index contributed by atoms with van der Waals surface area (Å²) in [4.78, 5) is 19.9. The van der Waals surface area contributed by atoms with Crippen molar-refractivity contribution in [3.05, 3.63) is 0 Å². The molecule has 200 valence electrons. The molecule has 0 saturated heterocycles. The van der Waals surface area contributed by atoms with E-state index in [-0.39, 0.29) is 0 Å². The first-order valence-electron chi connectivity index (χ1n) is 13.5. The van der Waals surface area contributed by atoms with Crippen LogP contribution in [0.25, 0.3) is 0 Å². The van der Waals surface area contributed by atoms with E-state index in [1.54, 1.807) is 0 Å². The molecule has 0 unspecified atom stereocenters. The molecule has 0 atom stereocenters. The van der Waals surface area contributed by atoms with E-state index in [0.717, 1.165) is 64.2 Å². The van der Waals surface area contributed by atoms with Gasteiger partial charge in [0, 0.05) is 25.7 Å². The second-order valence-corrected chi connectivity index (χ2v) is 9.01. The van der Waals surface area contributed by atoms with Gasteiger partial charge < -0.3 is 20.4 Å². The maximum absolute atomic E-state index is 9.96. The first kappa shape index (κ1) is 36.4. The molecule has 0 heterocycles. The van der Waals surface area contributed by atoms with E-state index in [1.165, 1.54) is 38.5 Å². The summed E-state index contributed by atoms with van der Waals surface area (Å²) in [6.45, 7) is 8.50. The van der Waals surface area contributed by atoms with Crippen molar-refractivity contribution < 1.29 is 30.0 Å². The highest BCUT2D eigenvalue weighted by Gasteiger charge is 2.20. The van der Waals surface area contributed by atoms with Gasteiger partial charge in [-0.25, -0.2) is 0 Å². The Morgan fingerprint density at radius 3 is 1.15 bits per heavy atom. The largest absolute Gasteiger partial charge is 0.481 e. The molecule has 0 aliphatic carbocycles. The molecule has 0 amide bonds. The van der Waals surface area contributed by atoms with Gasteiger partial charge in [0.15, 0.2) is 5.79 Å². The number of aliphatic carboxylic acids is 2. The molecule has 6 nitrogen and oxygen atoms in total. The topological polar surface area (TPSA) is 115 Å². The van der Waals surface area contributed by atoms with Crippen LogP contribution in [-0.2, 0) is 9.59 Å². The summed E-state index contributed by atoms with van der Waals surface area (Å²) in [5.74, 6) is -2.75. The Morgan fingerprint density at radius 1 is 0.485 bits per heavy atom. The van der Waals surface area contributed by atoms with Crippen molar-refractivity contribution in [2.24, 2.45) is 0 Å². The second kappa shape index (κ2) is 28.9. The number of aliphatic hydroxyl groups is 2. The Morgan fingerprint density at radius 2 is 0.788 bits per heavy atom. The molecule has 0 rings (SSSR count). The standard InChI is InChI=1S/C13H28O2.2C7H14O2/c1-3-5-7-8-9-10-12-13(14,15)11-6-4-2;2*1-2-3-4-5-6-7(8)9/h14-15H,3-12H2,1-2H3;2*2-6H2,1H3,(H,8,9). The molecule has 0 spiro atoms. The minimum Gasteiger partial charge on any atom is -0.481 e. The van der Waals surface area contributed by atoms with Gasteiger partial charge in [0.1, 0.15) is 0 Å². The fourth-order valence-corrected chi connectivity index (χ4v) is 3.18. The van der Waals surface area contributed by atoms with Gasteiger partial charge in [-0.2, -0.15) is 0 Å². The molecular formula is C27H56O6. The predicted molar refractivity (Wildman–Crippen MR) is 137 cm³/mol. The Labute approximate surface area is 204 Å². The first-order chi connectivity index (χ1) is 15.7. The smallest absolute Gasteiger partial charge is 0.303 e. The summed E-state index contributed by atoms with van der Waals surface area (Å²) in [5, 5.41) is 35.6. The van der Waals surface area contributed by atoms with Crippen LogP contribution in [0.5, 0.6) is 0 Å². The maximum Gasteiger partial charge on any atom is 0.303 e. The molecule has 0 aromatic rings. The molecule has 0 aliphatic heterocycles. The summed E-state index contributed by atoms with van der Waals surface area (Å²) in [5.41, 5.74) is 0. The van der Waals surface area contributed by atoms with Crippen LogP contribution in [0.2, 0.25) is 0 Å². The molecule has 6 heteroatoms. The minimum atomic E-state index is -1.40. The molecular weight excluding hydrogens is 420 g/mol. The van der Waals surface area contributed by atoms with Crippen molar-refractivity contribution >= 4 is 11.9 Å². The quantitative estimate of drug-likeness (QED) is 0.106. The Balaban J connectivity index is -0.000000433. The average Bonchev–Trinajstić information content (AvgIpc) is 2.76. The van der Waals surface area contributed by atoms with Gasteiger partial charge in [-0.05, 0) is 25.7 Å². The lowest BCUT2D eigenvalue weighted by molar-refractivity contribution is -0.171. The highest BCUT2D eigenvalue weighted by atomic mass is 16.5. The van der Waals surface area contributed by atoms with Crippen LogP contribution in [0.1, 0.15) is 156 Å². The Kier molecular flexibility index (Phi) is 31.9. The molecule has 0 aromatic carbocycles. The normalized spacial score (nSPS) is 10.6. The van der Waals surface area contributed by atoms with Crippen molar-refractivity contribution in [3.8, 4) is 0 Å². The average molecular weight is 477 g/mol. The molecule has 0 aliphatic rings. The molecule has 0 aromatic heterocycles. The van der Waals surface area contributed by atoms with Crippen molar-refractivity contribution in [3.63, 3.8) is 0 Å². The van der Waals surface area contributed by atoms with Gasteiger partial charge in [0.2, 0.25) is 0 Å². The number of hydrogen-bond acceptors (Lipinski definition) is 4. The van der Waals surface area contributed by atoms with Crippen LogP contribution in [0.15, 0.2) is 0 Å². The molecule has 0 saturated carbocycles. The number of hydrogen-bond donors (Lipinski definition) is 4. The summed E-state index contributed by atoms with van der Waals surface area (Å²) in [6, 6.07) is 0. The van der Waals surface area contributed by atoms with E-state index in [0.29, 0.717) is 25.7 Å². The van der Waals surface area contributed by atoms with Crippen molar-refractivity contribution in [1.29, 1.82) is 0 Å². The Bertz CT molecular complexity index is 387. The second-order valence-electron chi connectivity index (χ2n) is 9.01. The first-order valence-corrected chi connectivity index (χ1v) is 13.5. The number of rotatable bonds is 20. The van der Waals surface area contributed by atoms with E-state index in [1.807, 2.05) is 0 Å². The fourth-order valence-electron chi connectivity index (χ4n) is 3.18. The summed E-state index contributed by atoms with van der Waals surface area (Å²) in [7, 11) is 0. The van der Waals surface area contributed by atoms with Gasteiger partial charge in [-0.3, -0.25) is 9.59 Å². The Hall–Kier alpha value is -1.14. The van der Waals surface area contributed by atoms with E-state index in [9.17, 15) is 19.8 Å². The van der Waals surface area contributed by atoms with Crippen molar-refractivity contribution in [1.82, 2.24) is 0 Å². The molecule has 0 radical (unpaired) electrons. The third-order valence-corrected chi connectivity index (χ3v) is 5.35. The molecule has 0 bridgehead atoms. The van der Waals surface area contributed by atoms with Crippen LogP contribution in [0.4, 0.5) is 0 Å². The van der Waals surface area contributed by atoms with Crippen LogP contribution < -0.4 is 0 Å². The summed E-state index contributed by atoms with van der Waals surface area (Å²) >= 11 is 0. The van der Waals surface area contributed by atoms with Crippen LogP contribution in [-0.4, -0.2) is 38.2 Å². The van der Waals surface area contributed by atoms with E-state index >= 15 is 0 Å². The van der Waals surface area contributed by atoms with Gasteiger partial charge >= 0.3 is 11.9 Å². The zero-order valence-electron chi connectivity index (χ0n) is 22.2. The molecule has 4 N–H and O–H groups in total. The third-order valence-electron chi connectivity index (χ3n) is 5.35. The summed E-state index contributed by atoms with van der Waals surface area (Å²) in [6.07, 6.45) is 19.3. The predicted octanol–water partition coefficient (Wildman–Crippen LogP) is 7.69. The molecule has 0 fully saturated rings. The van der Waals surface area contributed by atoms with E-state index in [2.05, 4.69) is 27.7 Å². The summed E-state index contributed by atoms with van der Waals surface area (Å²) < 4.78 is 0. The minimum absolute atomic E-state index is 0.333. The van der Waals surface area contributed by atoms with Crippen LogP contribution >= 0.6 is 0 Å². The van der Waals surface area contributed by atoms with Gasteiger partial charge in [0.25, 0.3) is 0 Å². The number of unbranched alkanes of at least 4 members (excludes halogenated alkanes) is 12. The fraction of sp³-hybridized carbons (Fsp3) is 0.926. The highest BCUT2D eigenvalue weighted by molar-refractivity contribution is 5.66. The molecule has 33 heavy (non-hydrogen) atoms. The lowest BCUT2D eigenvalue weighted by atomic mass is 10.0. The zero-order valence-corrected chi connectivity index (χ0v) is 22.2. The number of carbonyl (C=O) groups is 2. The lowest BCUT2D eigenvalue weighted by Crippen LogP contribution is -2.27. The monoisotopic (exact) mass is 476 g/mol. The van der Waals surface area contributed by atoms with Crippen molar-refractivity contribution in [2.45, 2.75) is 162 Å². The van der Waals surface area contributed by atoms with E-state index in [4.69, 9.17) is 10.2 Å². The van der Waals surface area contributed by atoms with Crippen LogP contribution in [0, 0.1) is 0 Å². The van der Waals surface area contributed by atoms with Gasteiger partial charge in [0.05, 0.1) is 0 Å². The zero-order chi connectivity index (χ0) is 25.8. The van der Waals surface area contributed by atoms with Gasteiger partial charge in [-0.1, -0.05) is 105 Å². The highest BCUT2D eigenvalue weighted by Crippen LogP contribution is 2.19. The van der Waals surface area contributed by atoms with E-state index < -0.39 is 17.7 Å². The lowest BCUT2D eigenvalue weighted by Gasteiger charge is -2.21. The number of carboxylic acid groups (broad SMARTS) is 2. The maximum atomic E-state index is 9.96.